The van der Waals surface area contributed by atoms with Crippen molar-refractivity contribution in [3.63, 3.8) is 0 Å². The topological polar surface area (TPSA) is 122 Å². The van der Waals surface area contributed by atoms with Crippen LogP contribution in [0.25, 0.3) is 5.78 Å². The monoisotopic (exact) mass is 370 g/mol. The summed E-state index contributed by atoms with van der Waals surface area (Å²) in [6.07, 6.45) is 1.55. The van der Waals surface area contributed by atoms with E-state index in [1.165, 1.54) is 22.7 Å². The number of fused-ring (bicyclic) bond motifs is 1. The number of aryl methyl sites for hydroxylation is 1. The highest BCUT2D eigenvalue weighted by molar-refractivity contribution is 6.32. The van der Waals surface area contributed by atoms with Crippen molar-refractivity contribution in [2.24, 2.45) is 0 Å². The zero-order valence-corrected chi connectivity index (χ0v) is 14.2. The van der Waals surface area contributed by atoms with Gasteiger partial charge in [-0.25, -0.2) is 14.3 Å². The Kier molecular flexibility index (Phi) is 4.77. The third-order valence-electron chi connectivity index (χ3n) is 3.32. The number of halogens is 1. The number of hydrogen-bond acceptors (Lipinski definition) is 7. The van der Waals surface area contributed by atoms with E-state index in [1.807, 2.05) is 6.07 Å². The second-order valence-corrected chi connectivity index (χ2v) is 5.57. The minimum absolute atomic E-state index is 0.194. The molecule has 0 aliphatic rings. The molecule has 0 unspecified atom stereocenters. The first-order valence-electron chi connectivity index (χ1n) is 7.33. The number of aromatic nitrogens is 4. The molecule has 3 rings (SSSR count). The van der Waals surface area contributed by atoms with Gasteiger partial charge in [0.1, 0.15) is 6.07 Å². The predicted molar refractivity (Wildman–Crippen MR) is 90.6 cm³/mol. The molecule has 1 amide bonds. The Morgan fingerprint density at radius 1 is 1.38 bits per heavy atom. The van der Waals surface area contributed by atoms with Crippen LogP contribution in [0.3, 0.4) is 0 Å². The van der Waals surface area contributed by atoms with E-state index in [-0.39, 0.29) is 22.2 Å². The Morgan fingerprint density at radius 2 is 2.19 bits per heavy atom. The number of carbonyl (C=O) groups excluding carboxylic acids is 2. The predicted octanol–water partition coefficient (Wildman–Crippen LogP) is 1.75. The molecule has 0 bridgehead atoms. The van der Waals surface area contributed by atoms with Gasteiger partial charge in [-0.2, -0.15) is 10.2 Å². The van der Waals surface area contributed by atoms with E-state index in [4.69, 9.17) is 21.6 Å². The fraction of sp³-hybridized carbons (Fsp3) is 0.125. The number of nitrogens with one attached hydrogen (secondary N) is 1. The number of anilines is 1. The SMILES string of the molecule is Cc1ccnc2nc(C(=O)OCC(=O)Nc3ccc(C#N)c(Cl)c3)nn12. The van der Waals surface area contributed by atoms with Crippen molar-refractivity contribution in [1.82, 2.24) is 19.6 Å². The number of nitrogens with zero attached hydrogens (tertiary/aromatic N) is 5. The summed E-state index contributed by atoms with van der Waals surface area (Å²) in [5.41, 5.74) is 1.41. The standard InChI is InChI=1S/C16H11ClN6O3/c1-9-4-5-19-16-21-14(22-23(9)16)15(25)26-8-13(24)20-11-3-2-10(7-18)12(17)6-11/h2-6H,8H2,1H3,(H,20,24). The second-order valence-electron chi connectivity index (χ2n) is 5.16. The van der Waals surface area contributed by atoms with Crippen LogP contribution in [0.1, 0.15) is 21.9 Å². The summed E-state index contributed by atoms with van der Waals surface area (Å²) in [5.74, 6) is -1.35. The molecule has 0 atom stereocenters. The van der Waals surface area contributed by atoms with Gasteiger partial charge in [0, 0.05) is 17.6 Å². The summed E-state index contributed by atoms with van der Waals surface area (Å²) < 4.78 is 6.30. The Labute approximate surface area is 152 Å². The third kappa shape index (κ3) is 3.60. The van der Waals surface area contributed by atoms with Crippen molar-refractivity contribution < 1.29 is 14.3 Å². The van der Waals surface area contributed by atoms with Gasteiger partial charge in [0.2, 0.25) is 0 Å². The van der Waals surface area contributed by atoms with Crippen LogP contribution in [0.5, 0.6) is 0 Å². The first-order valence-corrected chi connectivity index (χ1v) is 7.71. The molecule has 0 radical (unpaired) electrons. The molecule has 2 aromatic heterocycles. The first kappa shape index (κ1) is 17.3. The van der Waals surface area contributed by atoms with E-state index in [0.717, 1.165) is 5.69 Å². The van der Waals surface area contributed by atoms with Gasteiger partial charge < -0.3 is 10.1 Å². The normalized spacial score (nSPS) is 10.3. The summed E-state index contributed by atoms with van der Waals surface area (Å²) in [4.78, 5) is 31.8. The molecule has 1 N–H and O–H groups in total. The summed E-state index contributed by atoms with van der Waals surface area (Å²) in [5, 5.41) is 15.5. The van der Waals surface area contributed by atoms with Crippen LogP contribution in [-0.4, -0.2) is 38.1 Å². The Morgan fingerprint density at radius 3 is 2.88 bits per heavy atom. The van der Waals surface area contributed by atoms with Gasteiger partial charge in [-0.3, -0.25) is 4.79 Å². The lowest BCUT2D eigenvalue weighted by Crippen LogP contribution is -2.21. The number of rotatable bonds is 4. The maximum absolute atomic E-state index is 12.0. The lowest BCUT2D eigenvalue weighted by atomic mass is 10.2. The van der Waals surface area contributed by atoms with E-state index in [2.05, 4.69) is 20.4 Å². The molecule has 26 heavy (non-hydrogen) atoms. The number of amides is 1. The van der Waals surface area contributed by atoms with Crippen LogP contribution in [0.15, 0.2) is 30.5 Å². The molecule has 3 aromatic rings. The van der Waals surface area contributed by atoms with Crippen molar-refractivity contribution in [3.05, 3.63) is 52.6 Å². The van der Waals surface area contributed by atoms with E-state index < -0.39 is 18.5 Å². The fourth-order valence-corrected chi connectivity index (χ4v) is 2.29. The smallest absolute Gasteiger partial charge is 0.378 e. The molecule has 1 aromatic carbocycles. The van der Waals surface area contributed by atoms with Gasteiger partial charge >= 0.3 is 5.97 Å². The van der Waals surface area contributed by atoms with Crippen LogP contribution in [0.4, 0.5) is 5.69 Å². The maximum atomic E-state index is 12.0. The van der Waals surface area contributed by atoms with Crippen LogP contribution in [0.2, 0.25) is 5.02 Å². The molecule has 0 aliphatic carbocycles. The molecule has 0 saturated heterocycles. The Bertz CT molecular complexity index is 1060. The molecule has 0 saturated carbocycles. The van der Waals surface area contributed by atoms with Gasteiger partial charge in [-0.1, -0.05) is 11.6 Å². The molecule has 0 spiro atoms. The average molecular weight is 371 g/mol. The quantitative estimate of drug-likeness (QED) is 0.694. The maximum Gasteiger partial charge on any atom is 0.378 e. The number of hydrogen-bond donors (Lipinski definition) is 1. The fourth-order valence-electron chi connectivity index (χ4n) is 2.07. The zero-order valence-electron chi connectivity index (χ0n) is 13.4. The Hall–Kier alpha value is -3.51. The van der Waals surface area contributed by atoms with Crippen molar-refractivity contribution in [2.75, 3.05) is 11.9 Å². The molecule has 9 nitrogen and oxygen atoms in total. The van der Waals surface area contributed by atoms with E-state index in [1.54, 1.807) is 19.2 Å². The summed E-state index contributed by atoms with van der Waals surface area (Å²) in [7, 11) is 0. The lowest BCUT2D eigenvalue weighted by molar-refractivity contribution is -0.119. The van der Waals surface area contributed by atoms with Crippen LogP contribution in [-0.2, 0) is 9.53 Å². The Balaban J connectivity index is 1.61. The number of benzene rings is 1. The number of nitriles is 1. The lowest BCUT2D eigenvalue weighted by Gasteiger charge is -2.06. The van der Waals surface area contributed by atoms with Crippen LogP contribution >= 0.6 is 11.6 Å². The number of ether oxygens (including phenoxy) is 1. The highest BCUT2D eigenvalue weighted by atomic mass is 35.5. The summed E-state index contributed by atoms with van der Waals surface area (Å²) in [6, 6.07) is 8.05. The van der Waals surface area contributed by atoms with Crippen molar-refractivity contribution in [3.8, 4) is 6.07 Å². The van der Waals surface area contributed by atoms with E-state index in [0.29, 0.717) is 5.69 Å². The first-order chi connectivity index (χ1) is 12.5. The molecule has 2 heterocycles. The molecule has 10 heteroatoms. The van der Waals surface area contributed by atoms with Crippen molar-refractivity contribution in [2.45, 2.75) is 6.92 Å². The molecular formula is C16H11ClN6O3. The molecule has 0 fully saturated rings. The summed E-state index contributed by atoms with van der Waals surface area (Å²) in [6.45, 7) is 1.26. The number of carbonyl (C=O) groups is 2. The average Bonchev–Trinajstić information content (AvgIpc) is 3.06. The molecule has 130 valence electrons. The minimum Gasteiger partial charge on any atom is -0.450 e. The van der Waals surface area contributed by atoms with Gasteiger partial charge in [-0.05, 0) is 31.2 Å². The van der Waals surface area contributed by atoms with E-state index in [9.17, 15) is 9.59 Å². The van der Waals surface area contributed by atoms with Crippen molar-refractivity contribution >= 4 is 34.9 Å². The van der Waals surface area contributed by atoms with Gasteiger partial charge in [0.25, 0.3) is 17.5 Å². The van der Waals surface area contributed by atoms with Crippen LogP contribution < -0.4 is 5.32 Å². The van der Waals surface area contributed by atoms with Crippen LogP contribution in [0, 0.1) is 18.3 Å². The van der Waals surface area contributed by atoms with Gasteiger partial charge in [0.05, 0.1) is 10.6 Å². The van der Waals surface area contributed by atoms with Crippen molar-refractivity contribution in [1.29, 1.82) is 5.26 Å². The van der Waals surface area contributed by atoms with Gasteiger partial charge in [0.15, 0.2) is 6.61 Å². The summed E-state index contributed by atoms with van der Waals surface area (Å²) >= 11 is 5.89. The zero-order chi connectivity index (χ0) is 18.7. The van der Waals surface area contributed by atoms with Gasteiger partial charge in [-0.15, -0.1) is 5.10 Å². The van der Waals surface area contributed by atoms with E-state index >= 15 is 0 Å². The second kappa shape index (κ2) is 7.16. The minimum atomic E-state index is -0.845. The number of esters is 1. The third-order valence-corrected chi connectivity index (χ3v) is 3.63. The highest BCUT2D eigenvalue weighted by Crippen LogP contribution is 2.20. The highest BCUT2D eigenvalue weighted by Gasteiger charge is 2.17. The largest absolute Gasteiger partial charge is 0.450 e. The molecule has 0 aliphatic heterocycles. The molecular weight excluding hydrogens is 360 g/mol.